The zero-order valence-electron chi connectivity index (χ0n) is 12.4. The van der Waals surface area contributed by atoms with Gasteiger partial charge in [0.05, 0.1) is 23.0 Å². The number of hydrogen-bond acceptors (Lipinski definition) is 4. The largest absolute Gasteiger partial charge is 0.324 e. The summed E-state index contributed by atoms with van der Waals surface area (Å²) in [5.41, 5.74) is 0.658. The summed E-state index contributed by atoms with van der Waals surface area (Å²) in [6.07, 6.45) is 3.98. The maximum Gasteiger partial charge on any atom is 0.321 e. The second kappa shape index (κ2) is 5.72. The number of anilines is 1. The number of fused-ring (bicyclic) bond motifs is 1. The van der Waals surface area contributed by atoms with Crippen LogP contribution < -0.4 is 5.32 Å². The highest BCUT2D eigenvalue weighted by molar-refractivity contribution is 6.30. The van der Waals surface area contributed by atoms with Crippen molar-refractivity contribution in [2.75, 3.05) is 18.4 Å². The standard InChI is InChI=1S/C15H12ClFN6O/c16-9-7-18-14-20-13(21-23(14)8-9)11-6-10(2-3-12(11)17)19-15(24)22-4-1-5-22/h2-3,6-8H,1,4-5H2,(H,19,24). The predicted molar refractivity (Wildman–Crippen MR) is 86.4 cm³/mol. The lowest BCUT2D eigenvalue weighted by molar-refractivity contribution is 0.181. The van der Waals surface area contributed by atoms with Gasteiger partial charge in [0.15, 0.2) is 5.82 Å². The summed E-state index contributed by atoms with van der Waals surface area (Å²) in [5, 5.41) is 7.33. The molecule has 1 N–H and O–H groups in total. The van der Waals surface area contributed by atoms with Gasteiger partial charge in [-0.25, -0.2) is 18.7 Å². The second-order valence-corrected chi connectivity index (χ2v) is 5.85. The minimum atomic E-state index is -0.487. The van der Waals surface area contributed by atoms with Gasteiger partial charge in [-0.3, -0.25) is 0 Å². The Balaban J connectivity index is 1.67. The van der Waals surface area contributed by atoms with E-state index in [0.29, 0.717) is 16.5 Å². The summed E-state index contributed by atoms with van der Waals surface area (Å²) in [5.74, 6) is -0.00918. The summed E-state index contributed by atoms with van der Waals surface area (Å²) in [7, 11) is 0. The molecule has 0 bridgehead atoms. The number of urea groups is 1. The normalized spacial score (nSPS) is 13.8. The third-order valence-corrected chi connectivity index (χ3v) is 3.96. The molecule has 1 saturated heterocycles. The molecule has 1 aliphatic heterocycles. The Morgan fingerprint density at radius 1 is 1.33 bits per heavy atom. The van der Waals surface area contributed by atoms with Crippen LogP contribution in [0.15, 0.2) is 30.6 Å². The van der Waals surface area contributed by atoms with Crippen molar-refractivity contribution in [1.82, 2.24) is 24.5 Å². The van der Waals surface area contributed by atoms with Crippen LogP contribution in [-0.4, -0.2) is 43.6 Å². The Hall–Kier alpha value is -2.74. The molecule has 0 radical (unpaired) electrons. The molecule has 0 aliphatic carbocycles. The molecular weight excluding hydrogens is 335 g/mol. The number of aromatic nitrogens is 4. The molecule has 2 amide bonds. The van der Waals surface area contributed by atoms with E-state index in [1.165, 1.54) is 35.1 Å². The number of carbonyl (C=O) groups excluding carboxylic acids is 1. The minimum Gasteiger partial charge on any atom is -0.324 e. The van der Waals surface area contributed by atoms with Crippen molar-refractivity contribution < 1.29 is 9.18 Å². The summed E-state index contributed by atoms with van der Waals surface area (Å²) in [6, 6.07) is 4.08. The smallest absolute Gasteiger partial charge is 0.321 e. The highest BCUT2D eigenvalue weighted by atomic mass is 35.5. The Morgan fingerprint density at radius 2 is 2.17 bits per heavy atom. The van der Waals surface area contributed by atoms with Crippen LogP contribution in [0.4, 0.5) is 14.9 Å². The molecule has 3 heterocycles. The number of nitrogens with one attached hydrogen (secondary N) is 1. The topological polar surface area (TPSA) is 75.4 Å². The van der Waals surface area contributed by atoms with Gasteiger partial charge in [0.1, 0.15) is 5.82 Å². The van der Waals surface area contributed by atoms with Crippen molar-refractivity contribution >= 4 is 29.1 Å². The molecule has 0 unspecified atom stereocenters. The molecule has 24 heavy (non-hydrogen) atoms. The third kappa shape index (κ3) is 2.65. The lowest BCUT2D eigenvalue weighted by Crippen LogP contribution is -2.44. The fourth-order valence-electron chi connectivity index (χ4n) is 2.37. The summed E-state index contributed by atoms with van der Waals surface area (Å²) in [4.78, 5) is 21.9. The van der Waals surface area contributed by atoms with Gasteiger partial charge in [-0.1, -0.05) is 11.6 Å². The van der Waals surface area contributed by atoms with E-state index in [-0.39, 0.29) is 17.4 Å². The number of halogens is 2. The molecule has 1 aromatic carbocycles. The Morgan fingerprint density at radius 3 is 2.92 bits per heavy atom. The van der Waals surface area contributed by atoms with Crippen molar-refractivity contribution in [3.05, 3.63) is 41.4 Å². The van der Waals surface area contributed by atoms with Gasteiger partial charge in [0.2, 0.25) is 0 Å². The quantitative estimate of drug-likeness (QED) is 0.774. The van der Waals surface area contributed by atoms with Crippen LogP contribution in [0.5, 0.6) is 0 Å². The lowest BCUT2D eigenvalue weighted by atomic mass is 10.1. The molecule has 1 fully saturated rings. The van der Waals surface area contributed by atoms with Gasteiger partial charge in [0, 0.05) is 18.8 Å². The molecule has 1 aliphatic rings. The molecule has 0 atom stereocenters. The predicted octanol–water partition coefficient (Wildman–Crippen LogP) is 2.82. The van der Waals surface area contributed by atoms with Gasteiger partial charge >= 0.3 is 6.03 Å². The molecule has 2 aromatic heterocycles. The maximum atomic E-state index is 14.2. The highest BCUT2D eigenvalue weighted by Crippen LogP contribution is 2.24. The van der Waals surface area contributed by atoms with Gasteiger partial charge in [-0.05, 0) is 24.6 Å². The first-order valence-electron chi connectivity index (χ1n) is 7.34. The van der Waals surface area contributed by atoms with E-state index < -0.39 is 5.82 Å². The first-order chi connectivity index (χ1) is 11.6. The number of benzene rings is 1. The van der Waals surface area contributed by atoms with Crippen LogP contribution in [0.3, 0.4) is 0 Å². The monoisotopic (exact) mass is 346 g/mol. The number of likely N-dealkylation sites (tertiary alicyclic amines) is 1. The van der Waals surface area contributed by atoms with Gasteiger partial charge in [0.25, 0.3) is 5.78 Å². The van der Waals surface area contributed by atoms with Gasteiger partial charge < -0.3 is 10.2 Å². The van der Waals surface area contributed by atoms with E-state index in [0.717, 1.165) is 19.5 Å². The van der Waals surface area contributed by atoms with Crippen LogP contribution >= 0.6 is 11.6 Å². The molecule has 9 heteroatoms. The Labute approximate surface area is 141 Å². The van der Waals surface area contributed by atoms with Crippen LogP contribution in [0.1, 0.15) is 6.42 Å². The van der Waals surface area contributed by atoms with Gasteiger partial charge in [-0.2, -0.15) is 4.98 Å². The molecular formula is C15H12ClFN6O. The van der Waals surface area contributed by atoms with Crippen LogP contribution in [0, 0.1) is 5.82 Å². The third-order valence-electron chi connectivity index (χ3n) is 3.76. The number of hydrogen-bond donors (Lipinski definition) is 1. The van der Waals surface area contributed by atoms with E-state index in [1.807, 2.05) is 0 Å². The zero-order chi connectivity index (χ0) is 16.7. The number of nitrogens with zero attached hydrogens (tertiary/aromatic N) is 5. The van der Waals surface area contributed by atoms with Crippen LogP contribution in [0.2, 0.25) is 5.02 Å². The lowest BCUT2D eigenvalue weighted by Gasteiger charge is -2.30. The molecule has 0 saturated carbocycles. The Bertz CT molecular complexity index is 939. The fourth-order valence-corrected chi connectivity index (χ4v) is 2.51. The number of rotatable bonds is 2. The van der Waals surface area contributed by atoms with E-state index in [2.05, 4.69) is 20.4 Å². The first kappa shape index (κ1) is 14.8. The van der Waals surface area contributed by atoms with Crippen molar-refractivity contribution in [3.8, 4) is 11.4 Å². The average molecular weight is 347 g/mol. The fraction of sp³-hybridized carbons (Fsp3) is 0.200. The summed E-state index contributed by atoms with van der Waals surface area (Å²) in [6.45, 7) is 1.47. The van der Waals surface area contributed by atoms with Crippen LogP contribution in [0.25, 0.3) is 17.2 Å². The van der Waals surface area contributed by atoms with Crippen molar-refractivity contribution in [3.63, 3.8) is 0 Å². The highest BCUT2D eigenvalue weighted by Gasteiger charge is 2.21. The van der Waals surface area contributed by atoms with Crippen molar-refractivity contribution in [1.29, 1.82) is 0 Å². The van der Waals surface area contributed by atoms with E-state index in [9.17, 15) is 9.18 Å². The molecule has 0 spiro atoms. The summed E-state index contributed by atoms with van der Waals surface area (Å²) < 4.78 is 15.6. The van der Waals surface area contributed by atoms with E-state index >= 15 is 0 Å². The van der Waals surface area contributed by atoms with Crippen molar-refractivity contribution in [2.24, 2.45) is 0 Å². The average Bonchev–Trinajstić information content (AvgIpc) is 2.90. The number of amides is 2. The summed E-state index contributed by atoms with van der Waals surface area (Å²) >= 11 is 5.86. The Kier molecular flexibility index (Phi) is 3.53. The maximum absolute atomic E-state index is 14.2. The molecule has 7 nitrogen and oxygen atoms in total. The van der Waals surface area contributed by atoms with Crippen molar-refractivity contribution in [2.45, 2.75) is 6.42 Å². The first-order valence-corrected chi connectivity index (χ1v) is 7.72. The minimum absolute atomic E-state index is 0.169. The number of carbonyl (C=O) groups is 1. The second-order valence-electron chi connectivity index (χ2n) is 5.42. The van der Waals surface area contributed by atoms with Crippen LogP contribution in [-0.2, 0) is 0 Å². The molecule has 4 rings (SSSR count). The molecule has 122 valence electrons. The SMILES string of the molecule is O=C(Nc1ccc(F)c(-c2nc3ncc(Cl)cn3n2)c1)N1CCC1. The zero-order valence-corrected chi connectivity index (χ0v) is 13.2. The van der Waals surface area contributed by atoms with E-state index in [1.54, 1.807) is 4.90 Å². The van der Waals surface area contributed by atoms with Gasteiger partial charge in [-0.15, -0.1) is 5.10 Å². The molecule has 3 aromatic rings. The van der Waals surface area contributed by atoms with E-state index in [4.69, 9.17) is 11.6 Å².